The first kappa shape index (κ1) is 18.5. The summed E-state index contributed by atoms with van der Waals surface area (Å²) in [6.45, 7) is 1.39. The van der Waals surface area contributed by atoms with E-state index in [1.54, 1.807) is 24.4 Å². The highest BCUT2D eigenvalue weighted by Crippen LogP contribution is 2.25. The van der Waals surface area contributed by atoms with Crippen molar-refractivity contribution in [3.8, 4) is 11.6 Å². The summed E-state index contributed by atoms with van der Waals surface area (Å²) >= 11 is 3.25. The van der Waals surface area contributed by atoms with E-state index in [0.717, 1.165) is 12.8 Å². The van der Waals surface area contributed by atoms with Gasteiger partial charge in [-0.1, -0.05) is 0 Å². The highest BCUT2D eigenvalue weighted by Gasteiger charge is 2.24. The fourth-order valence-corrected chi connectivity index (χ4v) is 3.70. The third-order valence-electron chi connectivity index (χ3n) is 4.78. The summed E-state index contributed by atoms with van der Waals surface area (Å²) in [7, 11) is 0. The number of pyridine rings is 1. The van der Waals surface area contributed by atoms with Gasteiger partial charge in [0.2, 0.25) is 0 Å². The zero-order valence-electron chi connectivity index (χ0n) is 14.8. The van der Waals surface area contributed by atoms with Crippen LogP contribution in [0.25, 0.3) is 22.7 Å². The van der Waals surface area contributed by atoms with Gasteiger partial charge in [0.15, 0.2) is 21.9 Å². The minimum atomic E-state index is -0.916. The van der Waals surface area contributed by atoms with E-state index in [0.29, 0.717) is 52.6 Å². The lowest BCUT2D eigenvalue weighted by Gasteiger charge is -2.30. The summed E-state index contributed by atoms with van der Waals surface area (Å²) in [5.41, 5.74) is 1.35. The van der Waals surface area contributed by atoms with Gasteiger partial charge < -0.3 is 24.7 Å². The smallest absolute Gasteiger partial charge is 0.407 e. The first-order chi connectivity index (χ1) is 13.5. The Morgan fingerprint density at radius 2 is 2.25 bits per heavy atom. The van der Waals surface area contributed by atoms with Crippen molar-refractivity contribution in [1.29, 1.82) is 0 Å². The number of aromatic amines is 1. The molecule has 9 nitrogen and oxygen atoms in total. The van der Waals surface area contributed by atoms with E-state index in [4.69, 9.17) is 9.52 Å². The van der Waals surface area contributed by atoms with E-state index in [-0.39, 0.29) is 11.8 Å². The second-order valence-electron chi connectivity index (χ2n) is 6.69. The average molecular weight is 448 g/mol. The quantitative estimate of drug-likeness (QED) is 0.564. The molecule has 1 fully saturated rings. The van der Waals surface area contributed by atoms with Crippen LogP contribution >= 0.6 is 15.9 Å². The number of furan rings is 1. The molecule has 0 bridgehead atoms. The van der Waals surface area contributed by atoms with Crippen LogP contribution in [0.4, 0.5) is 4.79 Å². The Hall–Kier alpha value is -2.88. The van der Waals surface area contributed by atoms with Gasteiger partial charge in [-0.2, -0.15) is 0 Å². The molecular formula is C18H18BrN5O4. The van der Waals surface area contributed by atoms with Crippen molar-refractivity contribution in [3.05, 3.63) is 34.6 Å². The van der Waals surface area contributed by atoms with Crippen molar-refractivity contribution in [3.63, 3.8) is 0 Å². The number of imidazole rings is 1. The Bertz CT molecular complexity index is 1030. The summed E-state index contributed by atoms with van der Waals surface area (Å²) in [5.74, 6) is 0.852. The van der Waals surface area contributed by atoms with Crippen LogP contribution in [-0.4, -0.2) is 56.6 Å². The Balaban J connectivity index is 1.49. The number of fused-ring (bicyclic) bond motifs is 1. The van der Waals surface area contributed by atoms with Crippen LogP contribution in [0.3, 0.4) is 0 Å². The van der Waals surface area contributed by atoms with Gasteiger partial charge >= 0.3 is 6.09 Å². The Labute approximate surface area is 168 Å². The van der Waals surface area contributed by atoms with Crippen molar-refractivity contribution in [2.45, 2.75) is 12.8 Å². The van der Waals surface area contributed by atoms with E-state index in [2.05, 4.69) is 36.2 Å². The maximum absolute atomic E-state index is 12.7. The number of halogens is 1. The average Bonchev–Trinajstić information content (AvgIpc) is 3.32. The maximum Gasteiger partial charge on any atom is 0.407 e. The summed E-state index contributed by atoms with van der Waals surface area (Å²) < 4.78 is 6.08. The number of likely N-dealkylation sites (tertiary alicyclic amines) is 1. The van der Waals surface area contributed by atoms with Crippen LogP contribution in [-0.2, 0) is 0 Å². The molecule has 0 saturated carbocycles. The van der Waals surface area contributed by atoms with Gasteiger partial charge in [0, 0.05) is 25.8 Å². The van der Waals surface area contributed by atoms with Crippen LogP contribution in [0.15, 0.2) is 33.5 Å². The number of nitrogens with one attached hydrogen (secondary N) is 2. The van der Waals surface area contributed by atoms with Crippen LogP contribution < -0.4 is 5.32 Å². The van der Waals surface area contributed by atoms with Gasteiger partial charge in [-0.25, -0.2) is 14.8 Å². The molecule has 1 aliphatic rings. The molecule has 0 spiro atoms. The lowest BCUT2D eigenvalue weighted by molar-refractivity contribution is 0.0930. The Kier molecular flexibility index (Phi) is 5.03. The highest BCUT2D eigenvalue weighted by atomic mass is 79.9. The number of aromatic nitrogens is 3. The first-order valence-corrected chi connectivity index (χ1v) is 9.67. The molecule has 0 radical (unpaired) electrons. The van der Waals surface area contributed by atoms with Crippen LogP contribution in [0, 0.1) is 5.92 Å². The summed E-state index contributed by atoms with van der Waals surface area (Å²) in [6.07, 6.45) is 2.31. The van der Waals surface area contributed by atoms with Crippen LogP contribution in [0.5, 0.6) is 0 Å². The zero-order valence-corrected chi connectivity index (χ0v) is 16.4. The number of carboxylic acid groups (broad SMARTS) is 1. The van der Waals surface area contributed by atoms with Crippen LogP contribution in [0.2, 0.25) is 0 Å². The van der Waals surface area contributed by atoms with E-state index >= 15 is 0 Å². The second kappa shape index (κ2) is 7.63. The number of carbonyl (C=O) groups is 2. The number of hydrogen-bond donors (Lipinski definition) is 3. The number of rotatable bonds is 4. The fourth-order valence-electron chi connectivity index (χ4n) is 3.39. The fraction of sp³-hybridized carbons (Fsp3) is 0.333. The molecule has 28 heavy (non-hydrogen) atoms. The summed E-state index contributed by atoms with van der Waals surface area (Å²) in [6, 6.07) is 5.14. The lowest BCUT2D eigenvalue weighted by atomic mass is 9.98. The predicted octanol–water partition coefficient (Wildman–Crippen LogP) is 3.10. The molecule has 1 atom stereocenters. The summed E-state index contributed by atoms with van der Waals surface area (Å²) in [4.78, 5) is 37.0. The number of piperidine rings is 1. The largest absolute Gasteiger partial charge is 0.465 e. The molecule has 10 heteroatoms. The maximum atomic E-state index is 12.7. The Morgan fingerprint density at radius 1 is 1.39 bits per heavy atom. The zero-order chi connectivity index (χ0) is 19.7. The van der Waals surface area contributed by atoms with Crippen molar-refractivity contribution in [1.82, 2.24) is 25.2 Å². The SMILES string of the molecule is O=C(NCC1CCCN(C(=O)O)C1)c1ccnc2[nH]c(-c3ccc(Br)o3)nc12. The molecule has 0 aromatic carbocycles. The molecule has 4 heterocycles. The molecule has 1 saturated heterocycles. The lowest BCUT2D eigenvalue weighted by Crippen LogP contribution is -2.43. The molecule has 3 N–H and O–H groups in total. The van der Waals surface area contributed by atoms with Gasteiger partial charge in [0.25, 0.3) is 5.91 Å². The van der Waals surface area contributed by atoms with Crippen molar-refractivity contribution in [2.75, 3.05) is 19.6 Å². The number of hydrogen-bond acceptors (Lipinski definition) is 5. The van der Waals surface area contributed by atoms with Crippen molar-refractivity contribution in [2.24, 2.45) is 5.92 Å². The molecule has 2 amide bonds. The highest BCUT2D eigenvalue weighted by molar-refractivity contribution is 9.10. The minimum Gasteiger partial charge on any atom is -0.465 e. The van der Waals surface area contributed by atoms with Gasteiger partial charge in [-0.3, -0.25) is 4.79 Å². The first-order valence-electron chi connectivity index (χ1n) is 8.88. The molecular weight excluding hydrogens is 430 g/mol. The topological polar surface area (TPSA) is 124 Å². The predicted molar refractivity (Wildman–Crippen MR) is 104 cm³/mol. The third kappa shape index (κ3) is 3.72. The normalized spacial score (nSPS) is 17.0. The van der Waals surface area contributed by atoms with Gasteiger partial charge in [0.05, 0.1) is 5.56 Å². The second-order valence-corrected chi connectivity index (χ2v) is 7.47. The molecule has 1 unspecified atom stereocenters. The van der Waals surface area contributed by atoms with Crippen molar-refractivity contribution < 1.29 is 19.1 Å². The minimum absolute atomic E-state index is 0.0985. The summed E-state index contributed by atoms with van der Waals surface area (Å²) in [5, 5.41) is 12.0. The van der Waals surface area contributed by atoms with E-state index in [9.17, 15) is 9.59 Å². The van der Waals surface area contributed by atoms with Gasteiger partial charge in [-0.05, 0) is 52.9 Å². The number of carbonyl (C=O) groups excluding carboxylic acids is 1. The van der Waals surface area contributed by atoms with Crippen LogP contribution in [0.1, 0.15) is 23.2 Å². The van der Waals surface area contributed by atoms with E-state index < -0.39 is 6.09 Å². The van der Waals surface area contributed by atoms with Gasteiger partial charge in [0.1, 0.15) is 5.52 Å². The number of amides is 2. The molecule has 146 valence electrons. The molecule has 0 aliphatic carbocycles. The van der Waals surface area contributed by atoms with E-state index in [1.165, 1.54) is 4.90 Å². The number of nitrogens with zero attached hydrogens (tertiary/aromatic N) is 3. The third-order valence-corrected chi connectivity index (χ3v) is 5.20. The molecule has 1 aliphatic heterocycles. The van der Waals surface area contributed by atoms with Gasteiger partial charge in [-0.15, -0.1) is 0 Å². The molecule has 3 aromatic heterocycles. The molecule has 4 rings (SSSR count). The Morgan fingerprint density at radius 3 is 3.00 bits per heavy atom. The van der Waals surface area contributed by atoms with Crippen molar-refractivity contribution >= 4 is 39.1 Å². The molecule has 3 aromatic rings. The monoisotopic (exact) mass is 447 g/mol. The number of H-pyrrole nitrogens is 1. The van der Waals surface area contributed by atoms with E-state index in [1.807, 2.05) is 0 Å². The standard InChI is InChI=1S/C18H18BrN5O4/c19-13-4-3-12(28-13)15-22-14-11(5-6-20-16(14)23-15)17(25)21-8-10-2-1-7-24(9-10)18(26)27/h3-6,10H,1-2,7-9H2,(H,21,25)(H,26,27)(H,20,22,23).